The van der Waals surface area contributed by atoms with Crippen molar-refractivity contribution in [1.29, 1.82) is 0 Å². The first kappa shape index (κ1) is 13.3. The van der Waals surface area contributed by atoms with Crippen molar-refractivity contribution in [2.45, 2.75) is 19.9 Å². The summed E-state index contributed by atoms with van der Waals surface area (Å²) < 4.78 is 5.41. The van der Waals surface area contributed by atoms with Crippen LogP contribution >= 0.6 is 0 Å². The SMILES string of the molecule is CC(C)NCCNc1nc2c([N+](=O)[O-])cccc2o1. The highest BCUT2D eigenvalue weighted by molar-refractivity contribution is 5.83. The minimum Gasteiger partial charge on any atom is -0.423 e. The molecule has 7 heteroatoms. The lowest BCUT2D eigenvalue weighted by Gasteiger charge is -2.07. The van der Waals surface area contributed by atoms with Gasteiger partial charge in [-0.3, -0.25) is 10.1 Å². The number of rotatable bonds is 6. The lowest BCUT2D eigenvalue weighted by molar-refractivity contribution is -0.383. The number of hydrogen-bond donors (Lipinski definition) is 2. The Bertz CT molecular complexity index is 579. The molecule has 2 N–H and O–H groups in total. The molecule has 0 saturated carbocycles. The van der Waals surface area contributed by atoms with E-state index < -0.39 is 4.92 Å². The maximum Gasteiger partial charge on any atom is 0.298 e. The van der Waals surface area contributed by atoms with Gasteiger partial charge in [0.05, 0.1) is 4.92 Å². The first-order valence-electron chi connectivity index (χ1n) is 6.09. The molecule has 19 heavy (non-hydrogen) atoms. The van der Waals surface area contributed by atoms with Crippen LogP contribution in [0.4, 0.5) is 11.7 Å². The maximum absolute atomic E-state index is 10.9. The number of fused-ring (bicyclic) bond motifs is 1. The highest BCUT2D eigenvalue weighted by atomic mass is 16.6. The Morgan fingerprint density at radius 3 is 2.89 bits per heavy atom. The van der Waals surface area contributed by atoms with Crippen molar-refractivity contribution in [3.05, 3.63) is 28.3 Å². The molecule has 0 bridgehead atoms. The van der Waals surface area contributed by atoms with Crippen molar-refractivity contribution >= 4 is 22.8 Å². The highest BCUT2D eigenvalue weighted by Gasteiger charge is 2.16. The molecule has 2 aromatic rings. The van der Waals surface area contributed by atoms with Gasteiger partial charge in [0.15, 0.2) is 11.1 Å². The molecule has 0 aliphatic rings. The van der Waals surface area contributed by atoms with Gasteiger partial charge in [0.1, 0.15) is 0 Å². The molecule has 0 unspecified atom stereocenters. The number of para-hydroxylation sites is 1. The normalized spacial score (nSPS) is 11.1. The quantitative estimate of drug-likeness (QED) is 0.471. The zero-order chi connectivity index (χ0) is 13.8. The number of nitrogens with one attached hydrogen (secondary N) is 2. The van der Waals surface area contributed by atoms with Gasteiger partial charge >= 0.3 is 0 Å². The fourth-order valence-corrected chi connectivity index (χ4v) is 1.69. The number of oxazole rings is 1. The fourth-order valence-electron chi connectivity index (χ4n) is 1.69. The summed E-state index contributed by atoms with van der Waals surface area (Å²) in [6, 6.07) is 5.36. The van der Waals surface area contributed by atoms with Gasteiger partial charge in [-0.2, -0.15) is 4.98 Å². The number of benzene rings is 1. The van der Waals surface area contributed by atoms with Crippen LogP contribution in [0.1, 0.15) is 13.8 Å². The van der Waals surface area contributed by atoms with E-state index in [1.807, 2.05) is 0 Å². The first-order chi connectivity index (χ1) is 9.08. The maximum atomic E-state index is 10.9. The van der Waals surface area contributed by atoms with Crippen LogP contribution in [0, 0.1) is 10.1 Å². The van der Waals surface area contributed by atoms with Crippen molar-refractivity contribution in [2.75, 3.05) is 18.4 Å². The molecule has 0 saturated heterocycles. The molecule has 7 nitrogen and oxygen atoms in total. The minimum absolute atomic E-state index is 0.0467. The van der Waals surface area contributed by atoms with Gasteiger partial charge in [-0.05, 0) is 6.07 Å². The van der Waals surface area contributed by atoms with E-state index in [1.165, 1.54) is 6.07 Å². The zero-order valence-corrected chi connectivity index (χ0v) is 10.8. The van der Waals surface area contributed by atoms with E-state index in [0.29, 0.717) is 24.2 Å². The second kappa shape index (κ2) is 5.66. The number of nitro groups is 1. The standard InChI is InChI=1S/C12H16N4O3/c1-8(2)13-6-7-14-12-15-11-9(16(17)18)4-3-5-10(11)19-12/h3-5,8,13H,6-7H2,1-2H3,(H,14,15). The van der Waals surface area contributed by atoms with Crippen LogP contribution in [-0.2, 0) is 0 Å². The third-order valence-corrected chi connectivity index (χ3v) is 2.55. The van der Waals surface area contributed by atoms with E-state index in [9.17, 15) is 10.1 Å². The van der Waals surface area contributed by atoms with Crippen LogP contribution in [0.25, 0.3) is 11.1 Å². The number of anilines is 1. The molecule has 0 atom stereocenters. The predicted octanol–water partition coefficient (Wildman–Crippen LogP) is 2.15. The van der Waals surface area contributed by atoms with E-state index in [4.69, 9.17) is 4.42 Å². The average Bonchev–Trinajstić information content (AvgIpc) is 2.76. The lowest BCUT2D eigenvalue weighted by atomic mass is 10.3. The van der Waals surface area contributed by atoms with E-state index in [1.54, 1.807) is 12.1 Å². The molecule has 2 rings (SSSR count). The van der Waals surface area contributed by atoms with Gasteiger partial charge < -0.3 is 15.1 Å². The Labute approximate surface area is 110 Å². The molecular weight excluding hydrogens is 248 g/mol. The van der Waals surface area contributed by atoms with Crippen molar-refractivity contribution in [3.63, 3.8) is 0 Å². The molecule has 0 aliphatic heterocycles. The van der Waals surface area contributed by atoms with E-state index in [2.05, 4.69) is 29.5 Å². The second-order valence-electron chi connectivity index (χ2n) is 4.44. The summed E-state index contributed by atoms with van der Waals surface area (Å²) in [5, 5.41) is 17.1. The summed E-state index contributed by atoms with van der Waals surface area (Å²) in [6.07, 6.45) is 0. The summed E-state index contributed by atoms with van der Waals surface area (Å²) in [5.41, 5.74) is 0.634. The van der Waals surface area contributed by atoms with Gasteiger partial charge in [0.25, 0.3) is 11.7 Å². The average molecular weight is 264 g/mol. The van der Waals surface area contributed by atoms with Crippen molar-refractivity contribution < 1.29 is 9.34 Å². The van der Waals surface area contributed by atoms with Crippen LogP contribution in [0.2, 0.25) is 0 Å². The van der Waals surface area contributed by atoms with Gasteiger partial charge in [0, 0.05) is 25.2 Å². The van der Waals surface area contributed by atoms with Crippen LogP contribution in [0.5, 0.6) is 0 Å². The highest BCUT2D eigenvalue weighted by Crippen LogP contribution is 2.26. The van der Waals surface area contributed by atoms with Crippen LogP contribution < -0.4 is 10.6 Å². The topological polar surface area (TPSA) is 93.2 Å². The molecule has 1 aromatic heterocycles. The number of nitrogens with zero attached hydrogens (tertiary/aromatic N) is 2. The summed E-state index contributed by atoms with van der Waals surface area (Å²) in [5.74, 6) is 0. The number of nitro benzene ring substituents is 1. The van der Waals surface area contributed by atoms with Gasteiger partial charge in [-0.15, -0.1) is 0 Å². The summed E-state index contributed by atoms with van der Waals surface area (Å²) in [7, 11) is 0. The minimum atomic E-state index is -0.463. The van der Waals surface area contributed by atoms with Crippen LogP contribution in [-0.4, -0.2) is 29.0 Å². The van der Waals surface area contributed by atoms with Crippen LogP contribution in [0.15, 0.2) is 22.6 Å². The smallest absolute Gasteiger partial charge is 0.298 e. The Morgan fingerprint density at radius 1 is 1.42 bits per heavy atom. The third-order valence-electron chi connectivity index (χ3n) is 2.55. The van der Waals surface area contributed by atoms with Crippen molar-refractivity contribution in [1.82, 2.24) is 10.3 Å². The summed E-state index contributed by atoms with van der Waals surface area (Å²) >= 11 is 0. The predicted molar refractivity (Wildman–Crippen MR) is 72.3 cm³/mol. The van der Waals surface area contributed by atoms with Crippen molar-refractivity contribution in [3.8, 4) is 0 Å². The number of aromatic nitrogens is 1. The molecule has 0 amide bonds. The molecule has 1 heterocycles. The van der Waals surface area contributed by atoms with E-state index in [-0.39, 0.29) is 11.2 Å². The Kier molecular flexibility index (Phi) is 3.96. The van der Waals surface area contributed by atoms with E-state index in [0.717, 1.165) is 6.54 Å². The second-order valence-corrected chi connectivity index (χ2v) is 4.44. The molecule has 1 aromatic carbocycles. The molecule has 0 spiro atoms. The number of hydrogen-bond acceptors (Lipinski definition) is 6. The Hall–Kier alpha value is -2.15. The molecule has 0 radical (unpaired) electrons. The van der Waals surface area contributed by atoms with Gasteiger partial charge in [0.2, 0.25) is 0 Å². The fraction of sp³-hybridized carbons (Fsp3) is 0.417. The third kappa shape index (κ3) is 3.19. The lowest BCUT2D eigenvalue weighted by Crippen LogP contribution is -2.28. The monoisotopic (exact) mass is 264 g/mol. The largest absolute Gasteiger partial charge is 0.423 e. The zero-order valence-electron chi connectivity index (χ0n) is 10.8. The first-order valence-corrected chi connectivity index (χ1v) is 6.09. The van der Waals surface area contributed by atoms with Crippen molar-refractivity contribution in [2.24, 2.45) is 0 Å². The summed E-state index contributed by atoms with van der Waals surface area (Å²) in [6.45, 7) is 5.52. The Balaban J connectivity index is 2.09. The molecule has 102 valence electrons. The molecule has 0 aliphatic carbocycles. The van der Waals surface area contributed by atoms with Crippen LogP contribution in [0.3, 0.4) is 0 Å². The Morgan fingerprint density at radius 2 is 2.21 bits per heavy atom. The van der Waals surface area contributed by atoms with Gasteiger partial charge in [-0.25, -0.2) is 0 Å². The van der Waals surface area contributed by atoms with Gasteiger partial charge in [-0.1, -0.05) is 19.9 Å². The molecular formula is C12H16N4O3. The molecule has 0 fully saturated rings. The summed E-state index contributed by atoms with van der Waals surface area (Å²) in [4.78, 5) is 14.5. The van der Waals surface area contributed by atoms with E-state index >= 15 is 0 Å². The number of non-ortho nitro benzene ring substituents is 1.